The molecule has 0 aromatic heterocycles. The van der Waals surface area contributed by atoms with E-state index in [4.69, 9.17) is 0 Å². The van der Waals surface area contributed by atoms with Crippen LogP contribution in [0.15, 0.2) is 53.3 Å². The van der Waals surface area contributed by atoms with Crippen LogP contribution >= 0.6 is 0 Å². The lowest BCUT2D eigenvalue weighted by molar-refractivity contribution is -0.136. The molecule has 1 unspecified atom stereocenters. The Morgan fingerprint density at radius 3 is 2.69 bits per heavy atom. The van der Waals surface area contributed by atoms with Crippen LogP contribution in [-0.2, 0) is 27.3 Å². The van der Waals surface area contributed by atoms with Crippen LogP contribution in [0.3, 0.4) is 0 Å². The molecule has 0 fully saturated rings. The van der Waals surface area contributed by atoms with Gasteiger partial charge in [0.1, 0.15) is 0 Å². The number of carbonyl (C=O) groups excluding carboxylic acids is 2. The second-order valence-corrected chi connectivity index (χ2v) is 7.10. The molecule has 2 aromatic rings. The summed E-state index contributed by atoms with van der Waals surface area (Å²) in [7, 11) is 0. The van der Waals surface area contributed by atoms with Crippen molar-refractivity contribution < 1.29 is 19.5 Å². The van der Waals surface area contributed by atoms with Crippen LogP contribution in [0.25, 0.3) is 0 Å². The van der Waals surface area contributed by atoms with E-state index >= 15 is 0 Å². The minimum atomic E-state index is -1.01. The highest BCUT2D eigenvalue weighted by Crippen LogP contribution is 2.50. The number of allylic oxidation sites excluding steroid dienone is 1. The van der Waals surface area contributed by atoms with Crippen LogP contribution in [0.1, 0.15) is 28.2 Å². The number of carboxylic acids is 1. The number of ketones is 1. The predicted molar refractivity (Wildman–Crippen MR) is 109 cm³/mol. The Bertz CT molecular complexity index is 1070. The number of aryl methyl sites for hydroxylation is 1. The average Bonchev–Trinajstić information content (AvgIpc) is 3.00. The van der Waals surface area contributed by atoms with E-state index in [9.17, 15) is 19.5 Å². The first-order chi connectivity index (χ1) is 14.0. The average molecular weight is 389 g/mol. The molecule has 0 radical (unpaired) electrons. The quantitative estimate of drug-likeness (QED) is 0.740. The summed E-state index contributed by atoms with van der Waals surface area (Å²) in [4.78, 5) is 41.3. The molecule has 2 heterocycles. The number of fused-ring (bicyclic) bond motifs is 3. The summed E-state index contributed by atoms with van der Waals surface area (Å²) >= 11 is 0. The summed E-state index contributed by atoms with van der Waals surface area (Å²) in [5, 5.41) is 11.9. The molecular weight excluding hydrogens is 370 g/mol. The Labute approximate surface area is 167 Å². The van der Waals surface area contributed by atoms with Crippen LogP contribution in [0.4, 0.5) is 11.4 Å². The fourth-order valence-electron chi connectivity index (χ4n) is 3.91. The highest BCUT2D eigenvalue weighted by atomic mass is 16.4. The van der Waals surface area contributed by atoms with Gasteiger partial charge in [-0.2, -0.15) is 0 Å². The first-order valence-electron chi connectivity index (χ1n) is 9.17. The van der Waals surface area contributed by atoms with Gasteiger partial charge in [-0.1, -0.05) is 35.9 Å². The van der Waals surface area contributed by atoms with Crippen molar-refractivity contribution in [3.8, 4) is 0 Å². The van der Waals surface area contributed by atoms with E-state index in [0.29, 0.717) is 29.8 Å². The summed E-state index contributed by atoms with van der Waals surface area (Å²) in [5.74, 6) is -1.83. The van der Waals surface area contributed by atoms with Gasteiger partial charge in [-0.15, -0.1) is 0 Å². The number of aliphatic imine (C=N–C) groups is 1. The zero-order valence-corrected chi connectivity index (χ0v) is 15.8. The van der Waals surface area contributed by atoms with Crippen molar-refractivity contribution in [1.29, 1.82) is 0 Å². The standard InChI is InChI=1S/C22H19N3O4/c1-13-2-4-14(5-3-13)11-25-16-7-6-15(8-19(28)29)22(24-12-26)21(16)20-17(25)9-23-10-18(20)27/h2-7,9-10,12,20H,8,11H2,1H3,(H,24,26)(H,28,29). The Morgan fingerprint density at radius 1 is 1.24 bits per heavy atom. The van der Waals surface area contributed by atoms with Crippen molar-refractivity contribution in [2.75, 3.05) is 10.2 Å². The smallest absolute Gasteiger partial charge is 0.307 e. The molecule has 2 N–H and O–H groups in total. The van der Waals surface area contributed by atoms with Crippen molar-refractivity contribution >= 4 is 35.8 Å². The van der Waals surface area contributed by atoms with E-state index in [2.05, 4.69) is 10.3 Å². The van der Waals surface area contributed by atoms with E-state index in [1.54, 1.807) is 12.3 Å². The van der Waals surface area contributed by atoms with Crippen molar-refractivity contribution in [3.05, 3.63) is 70.5 Å². The number of Topliss-reactive ketones (excluding diaryl/α,β-unsaturated/α-hetero) is 1. The van der Waals surface area contributed by atoms with Crippen LogP contribution in [-0.4, -0.2) is 29.5 Å². The number of benzene rings is 2. The zero-order valence-electron chi connectivity index (χ0n) is 15.8. The van der Waals surface area contributed by atoms with Crippen LogP contribution in [0.2, 0.25) is 0 Å². The molecule has 2 aliphatic heterocycles. The fourth-order valence-corrected chi connectivity index (χ4v) is 3.91. The number of carbonyl (C=O) groups is 3. The second kappa shape index (κ2) is 7.35. The number of rotatable bonds is 6. The summed E-state index contributed by atoms with van der Waals surface area (Å²) in [6.45, 7) is 2.54. The van der Waals surface area contributed by atoms with Crippen molar-refractivity contribution in [2.45, 2.75) is 25.8 Å². The number of carboxylic acid groups (broad SMARTS) is 1. The van der Waals surface area contributed by atoms with E-state index in [-0.39, 0.29) is 12.2 Å². The van der Waals surface area contributed by atoms with Gasteiger partial charge in [-0.25, -0.2) is 0 Å². The summed E-state index contributed by atoms with van der Waals surface area (Å²) in [6, 6.07) is 11.6. The number of nitrogens with one attached hydrogen (secondary N) is 1. The number of amides is 1. The van der Waals surface area contributed by atoms with E-state index in [1.807, 2.05) is 42.2 Å². The van der Waals surface area contributed by atoms with E-state index in [1.165, 1.54) is 6.21 Å². The lowest BCUT2D eigenvalue weighted by atomic mass is 9.90. The SMILES string of the molecule is Cc1ccc(CN2C3=CN=CC(=O)C3c3c2ccc(CC(=O)O)c3NC=O)cc1. The van der Waals surface area contributed by atoms with Crippen molar-refractivity contribution in [3.63, 3.8) is 0 Å². The largest absolute Gasteiger partial charge is 0.481 e. The molecule has 0 bridgehead atoms. The number of hydrogen-bond acceptors (Lipinski definition) is 5. The molecule has 1 atom stereocenters. The molecule has 2 aliphatic rings. The van der Waals surface area contributed by atoms with Gasteiger partial charge in [-0.05, 0) is 24.1 Å². The van der Waals surface area contributed by atoms with Gasteiger partial charge in [-0.3, -0.25) is 19.4 Å². The Morgan fingerprint density at radius 2 is 2.00 bits per heavy atom. The molecule has 0 aliphatic carbocycles. The zero-order chi connectivity index (χ0) is 20.5. The van der Waals surface area contributed by atoms with E-state index < -0.39 is 11.9 Å². The summed E-state index contributed by atoms with van der Waals surface area (Å²) < 4.78 is 0. The molecule has 4 rings (SSSR count). The highest BCUT2D eigenvalue weighted by molar-refractivity contribution is 6.33. The molecule has 7 nitrogen and oxygen atoms in total. The maximum absolute atomic E-state index is 12.7. The third-order valence-electron chi connectivity index (χ3n) is 5.20. The Kier molecular flexibility index (Phi) is 4.72. The van der Waals surface area contributed by atoms with Gasteiger partial charge in [0.05, 0.1) is 29.9 Å². The van der Waals surface area contributed by atoms with Crippen LogP contribution in [0, 0.1) is 6.92 Å². The first-order valence-corrected chi connectivity index (χ1v) is 9.17. The first kappa shape index (κ1) is 18.6. The molecule has 0 spiro atoms. The lowest BCUT2D eigenvalue weighted by Crippen LogP contribution is -2.24. The van der Waals surface area contributed by atoms with Crippen LogP contribution in [0.5, 0.6) is 0 Å². The maximum atomic E-state index is 12.7. The Hall–Kier alpha value is -3.74. The molecule has 146 valence electrons. The minimum absolute atomic E-state index is 0.198. The third kappa shape index (κ3) is 3.31. The molecule has 1 amide bonds. The summed E-state index contributed by atoms with van der Waals surface area (Å²) in [5.41, 5.74) is 5.14. The summed E-state index contributed by atoms with van der Waals surface area (Å²) in [6.07, 6.45) is 3.17. The monoisotopic (exact) mass is 389 g/mol. The van der Waals surface area contributed by atoms with Gasteiger partial charge in [0.15, 0.2) is 5.78 Å². The molecule has 2 aromatic carbocycles. The number of aliphatic carboxylic acids is 1. The fraction of sp³-hybridized carbons (Fsp3) is 0.182. The number of nitrogens with zero attached hydrogens (tertiary/aromatic N) is 2. The topological polar surface area (TPSA) is 99.1 Å². The number of anilines is 2. The predicted octanol–water partition coefficient (Wildman–Crippen LogP) is 2.79. The van der Waals surface area contributed by atoms with Crippen LogP contribution < -0.4 is 10.2 Å². The maximum Gasteiger partial charge on any atom is 0.307 e. The minimum Gasteiger partial charge on any atom is -0.481 e. The van der Waals surface area contributed by atoms with Crippen molar-refractivity contribution in [1.82, 2.24) is 0 Å². The third-order valence-corrected chi connectivity index (χ3v) is 5.20. The second-order valence-electron chi connectivity index (χ2n) is 7.10. The number of hydrogen-bond donors (Lipinski definition) is 2. The van der Waals surface area contributed by atoms with Gasteiger partial charge in [0.2, 0.25) is 6.41 Å². The highest BCUT2D eigenvalue weighted by Gasteiger charge is 2.41. The van der Waals surface area contributed by atoms with Gasteiger partial charge < -0.3 is 15.3 Å². The normalized spacial score (nSPS) is 16.9. The van der Waals surface area contributed by atoms with Gasteiger partial charge >= 0.3 is 5.97 Å². The lowest BCUT2D eigenvalue weighted by Gasteiger charge is -2.23. The van der Waals surface area contributed by atoms with E-state index in [0.717, 1.165) is 22.5 Å². The molecular formula is C22H19N3O4. The van der Waals surface area contributed by atoms with Gasteiger partial charge in [0.25, 0.3) is 0 Å². The molecule has 29 heavy (non-hydrogen) atoms. The molecule has 0 saturated heterocycles. The van der Waals surface area contributed by atoms with Gasteiger partial charge in [0, 0.05) is 24.0 Å². The molecule has 0 saturated carbocycles. The van der Waals surface area contributed by atoms with Crippen molar-refractivity contribution in [2.24, 2.45) is 4.99 Å². The Balaban J connectivity index is 1.86. The molecule has 7 heteroatoms.